The molecule has 0 radical (unpaired) electrons. The molecule has 0 heterocycles. The number of hydrogen-bond donors (Lipinski definition) is 1. The summed E-state index contributed by atoms with van der Waals surface area (Å²) in [5.74, 6) is 0.494. The topological polar surface area (TPSA) is 20.2 Å². The van der Waals surface area contributed by atoms with Gasteiger partial charge in [0.15, 0.2) is 0 Å². The van der Waals surface area contributed by atoms with Crippen LogP contribution in [0.2, 0.25) is 0 Å². The molecule has 50 valence electrons. The van der Waals surface area contributed by atoms with Gasteiger partial charge in [-0.3, -0.25) is 0 Å². The Morgan fingerprint density at radius 3 is 2.67 bits per heavy atom. The largest absolute Gasteiger partial charge is 0.389 e. The molecule has 1 heteroatoms. The van der Waals surface area contributed by atoms with E-state index < -0.39 is 0 Å². The van der Waals surface area contributed by atoms with E-state index in [9.17, 15) is 0 Å². The quantitative estimate of drug-likeness (QED) is 0.525. The zero-order valence-electron chi connectivity index (χ0n) is 5.46. The Labute approximate surface area is 55.7 Å². The van der Waals surface area contributed by atoms with Crippen LogP contribution in [0, 0.1) is 5.92 Å². The zero-order chi connectivity index (χ0) is 6.69. The number of aliphatic hydroxyl groups excluding tert-OH is 1. The first-order chi connectivity index (χ1) is 4.33. The van der Waals surface area contributed by atoms with Crippen molar-refractivity contribution in [2.24, 2.45) is 5.92 Å². The summed E-state index contributed by atoms with van der Waals surface area (Å²) in [4.78, 5) is 0. The second-order valence-electron chi connectivity index (χ2n) is 2.43. The summed E-state index contributed by atoms with van der Waals surface area (Å²) >= 11 is 0. The van der Waals surface area contributed by atoms with Crippen LogP contribution in [0.5, 0.6) is 0 Å². The van der Waals surface area contributed by atoms with Gasteiger partial charge in [0.1, 0.15) is 0 Å². The third kappa shape index (κ3) is 1.68. The third-order valence-corrected chi connectivity index (χ3v) is 1.68. The van der Waals surface area contributed by atoms with Crippen LogP contribution in [-0.2, 0) is 0 Å². The number of aliphatic hydroxyl groups is 1. The second kappa shape index (κ2) is 2.83. The third-order valence-electron chi connectivity index (χ3n) is 1.68. The van der Waals surface area contributed by atoms with Crippen LogP contribution in [0.1, 0.15) is 12.8 Å². The van der Waals surface area contributed by atoms with Crippen LogP contribution in [0.3, 0.4) is 0 Å². The molecule has 0 aromatic rings. The molecule has 0 aliphatic heterocycles. The van der Waals surface area contributed by atoms with Gasteiger partial charge in [-0.25, -0.2) is 0 Å². The molecule has 1 aliphatic rings. The molecular formula is C8H12O. The molecule has 0 bridgehead atoms. The Morgan fingerprint density at radius 2 is 2.22 bits per heavy atom. The average Bonchev–Trinajstić information content (AvgIpc) is 1.90. The first-order valence-corrected chi connectivity index (χ1v) is 3.32. The molecule has 1 N–H and O–H groups in total. The van der Waals surface area contributed by atoms with Crippen LogP contribution in [0.15, 0.2) is 24.8 Å². The highest BCUT2D eigenvalue weighted by Crippen LogP contribution is 2.17. The van der Waals surface area contributed by atoms with Gasteiger partial charge in [-0.1, -0.05) is 18.2 Å². The molecule has 0 saturated heterocycles. The summed E-state index contributed by atoms with van der Waals surface area (Å²) in [6.45, 7) is 3.68. The van der Waals surface area contributed by atoms with Gasteiger partial charge >= 0.3 is 0 Å². The minimum absolute atomic E-state index is 0.207. The molecule has 0 fully saturated rings. The fourth-order valence-corrected chi connectivity index (χ4v) is 1.02. The lowest BCUT2D eigenvalue weighted by molar-refractivity contribution is 0.199. The van der Waals surface area contributed by atoms with Crippen molar-refractivity contribution < 1.29 is 5.11 Å². The predicted molar refractivity (Wildman–Crippen MR) is 38.1 cm³/mol. The molecule has 0 aromatic carbocycles. The van der Waals surface area contributed by atoms with E-state index in [0.29, 0.717) is 5.92 Å². The molecule has 1 aliphatic carbocycles. The van der Waals surface area contributed by atoms with Crippen molar-refractivity contribution in [1.29, 1.82) is 0 Å². The summed E-state index contributed by atoms with van der Waals surface area (Å²) in [7, 11) is 0. The van der Waals surface area contributed by atoms with Gasteiger partial charge in [0, 0.05) is 0 Å². The van der Waals surface area contributed by atoms with Gasteiger partial charge in [0.2, 0.25) is 0 Å². The van der Waals surface area contributed by atoms with Crippen molar-refractivity contribution in [2.75, 3.05) is 0 Å². The molecule has 0 aromatic heterocycles. The van der Waals surface area contributed by atoms with Crippen LogP contribution in [-0.4, -0.2) is 11.2 Å². The highest BCUT2D eigenvalue weighted by atomic mass is 16.3. The molecule has 2 atom stereocenters. The maximum Gasteiger partial charge on any atom is 0.0721 e. The fourth-order valence-electron chi connectivity index (χ4n) is 1.02. The Morgan fingerprint density at radius 1 is 1.44 bits per heavy atom. The van der Waals surface area contributed by atoms with Crippen molar-refractivity contribution in [3.05, 3.63) is 24.8 Å². The SMILES string of the molecule is C=C[C@H]1C=C[C@@H](O)CC1. The van der Waals surface area contributed by atoms with Crippen molar-refractivity contribution in [1.82, 2.24) is 0 Å². The van der Waals surface area contributed by atoms with Crippen molar-refractivity contribution in [2.45, 2.75) is 18.9 Å². The van der Waals surface area contributed by atoms with E-state index in [1.807, 2.05) is 18.2 Å². The highest BCUT2D eigenvalue weighted by molar-refractivity contribution is 5.04. The first kappa shape index (κ1) is 6.56. The Balaban J connectivity index is 2.47. The predicted octanol–water partition coefficient (Wildman–Crippen LogP) is 1.50. The van der Waals surface area contributed by atoms with Gasteiger partial charge in [-0.15, -0.1) is 6.58 Å². The lowest BCUT2D eigenvalue weighted by Gasteiger charge is -2.15. The molecule has 0 unspecified atom stereocenters. The average molecular weight is 124 g/mol. The summed E-state index contributed by atoms with van der Waals surface area (Å²) in [6, 6.07) is 0. The molecule has 0 spiro atoms. The Kier molecular flexibility index (Phi) is 2.06. The summed E-state index contributed by atoms with van der Waals surface area (Å²) in [5, 5.41) is 9.00. The first-order valence-electron chi connectivity index (χ1n) is 3.32. The lowest BCUT2D eigenvalue weighted by Crippen LogP contribution is -2.10. The molecule has 1 nitrogen and oxygen atoms in total. The standard InChI is InChI=1S/C8H12O/c1-2-7-3-5-8(9)6-4-7/h2-3,5,7-9H,1,4,6H2/t7-,8+/m0/s1. The number of hydrogen-bond acceptors (Lipinski definition) is 1. The monoisotopic (exact) mass is 124 g/mol. The normalized spacial score (nSPS) is 34.3. The number of allylic oxidation sites excluding steroid dienone is 2. The minimum Gasteiger partial charge on any atom is -0.389 e. The van der Waals surface area contributed by atoms with E-state index in [0.717, 1.165) is 12.8 Å². The van der Waals surface area contributed by atoms with Crippen LogP contribution in [0.4, 0.5) is 0 Å². The van der Waals surface area contributed by atoms with Gasteiger partial charge in [-0.05, 0) is 18.8 Å². The van der Waals surface area contributed by atoms with E-state index in [-0.39, 0.29) is 6.10 Å². The van der Waals surface area contributed by atoms with Crippen LogP contribution >= 0.6 is 0 Å². The van der Waals surface area contributed by atoms with Crippen molar-refractivity contribution >= 4 is 0 Å². The van der Waals surface area contributed by atoms with Gasteiger partial charge in [0.25, 0.3) is 0 Å². The summed E-state index contributed by atoms with van der Waals surface area (Å²) < 4.78 is 0. The number of rotatable bonds is 1. The summed E-state index contributed by atoms with van der Waals surface area (Å²) in [6.07, 6.45) is 7.49. The van der Waals surface area contributed by atoms with Crippen molar-refractivity contribution in [3.8, 4) is 0 Å². The maximum atomic E-state index is 9.00. The molecule has 1 rings (SSSR count). The van der Waals surface area contributed by atoms with E-state index >= 15 is 0 Å². The van der Waals surface area contributed by atoms with E-state index in [2.05, 4.69) is 6.58 Å². The second-order valence-corrected chi connectivity index (χ2v) is 2.43. The minimum atomic E-state index is -0.207. The smallest absolute Gasteiger partial charge is 0.0721 e. The molecule has 0 saturated carbocycles. The summed E-state index contributed by atoms with van der Waals surface area (Å²) in [5.41, 5.74) is 0. The highest BCUT2D eigenvalue weighted by Gasteiger charge is 2.09. The van der Waals surface area contributed by atoms with E-state index in [1.165, 1.54) is 0 Å². The molecule has 9 heavy (non-hydrogen) atoms. The zero-order valence-corrected chi connectivity index (χ0v) is 5.46. The fraction of sp³-hybridized carbons (Fsp3) is 0.500. The Hall–Kier alpha value is -0.560. The Bertz CT molecular complexity index is 127. The molecule has 0 amide bonds. The van der Waals surface area contributed by atoms with Crippen molar-refractivity contribution in [3.63, 3.8) is 0 Å². The maximum absolute atomic E-state index is 9.00. The van der Waals surface area contributed by atoms with Gasteiger partial charge < -0.3 is 5.11 Å². The lowest BCUT2D eigenvalue weighted by atomic mass is 9.95. The van der Waals surface area contributed by atoms with Gasteiger partial charge in [-0.2, -0.15) is 0 Å². The van der Waals surface area contributed by atoms with E-state index in [1.54, 1.807) is 0 Å². The van der Waals surface area contributed by atoms with Crippen LogP contribution in [0.25, 0.3) is 0 Å². The van der Waals surface area contributed by atoms with E-state index in [4.69, 9.17) is 5.11 Å². The molecular weight excluding hydrogens is 112 g/mol. The van der Waals surface area contributed by atoms with Gasteiger partial charge in [0.05, 0.1) is 6.10 Å². The van der Waals surface area contributed by atoms with Crippen LogP contribution < -0.4 is 0 Å².